The third kappa shape index (κ3) is 5.01. The first-order valence-corrected chi connectivity index (χ1v) is 5.84. The van der Waals surface area contributed by atoms with Gasteiger partial charge in [-0.05, 0) is 32.9 Å². The number of carbonyl (C=O) groups excluding carboxylic acids is 1. The monoisotopic (exact) mass is 250 g/mol. The Hall–Kier alpha value is -1.81. The molecule has 0 heterocycles. The van der Waals surface area contributed by atoms with Crippen molar-refractivity contribution in [3.05, 3.63) is 42.2 Å². The summed E-state index contributed by atoms with van der Waals surface area (Å²) in [5.74, 6) is 0.217. The van der Waals surface area contributed by atoms with E-state index >= 15 is 0 Å². The molecule has 0 saturated heterocycles. The second-order valence-electron chi connectivity index (χ2n) is 3.66. The number of ether oxygens (including phenoxy) is 3. The average molecular weight is 250 g/mol. The predicted octanol–water partition coefficient (Wildman–Crippen LogP) is 2.89. The average Bonchev–Trinajstić information content (AvgIpc) is 2.37. The molecule has 0 amide bonds. The van der Waals surface area contributed by atoms with Crippen LogP contribution >= 0.6 is 0 Å². The van der Waals surface area contributed by atoms with Gasteiger partial charge in [-0.1, -0.05) is 18.2 Å². The van der Waals surface area contributed by atoms with Gasteiger partial charge in [0.15, 0.2) is 6.29 Å². The van der Waals surface area contributed by atoms with Gasteiger partial charge in [-0.25, -0.2) is 4.79 Å². The van der Waals surface area contributed by atoms with Crippen LogP contribution in [0.5, 0.6) is 5.75 Å². The predicted molar refractivity (Wildman–Crippen MR) is 68.0 cm³/mol. The number of carbonyl (C=O) groups is 1. The summed E-state index contributed by atoms with van der Waals surface area (Å²) in [5, 5.41) is 0. The van der Waals surface area contributed by atoms with Crippen LogP contribution in [0.2, 0.25) is 0 Å². The maximum absolute atomic E-state index is 11.6. The van der Waals surface area contributed by atoms with E-state index in [0.717, 1.165) is 0 Å². The zero-order valence-corrected chi connectivity index (χ0v) is 10.9. The topological polar surface area (TPSA) is 44.8 Å². The molecule has 98 valence electrons. The van der Waals surface area contributed by atoms with Crippen LogP contribution in [0.3, 0.4) is 0 Å². The first-order valence-electron chi connectivity index (χ1n) is 5.84. The van der Waals surface area contributed by atoms with Crippen LogP contribution in [0.1, 0.15) is 20.8 Å². The lowest BCUT2D eigenvalue weighted by molar-refractivity contribution is -0.169. The van der Waals surface area contributed by atoms with Gasteiger partial charge in [0.1, 0.15) is 12.0 Å². The highest BCUT2D eigenvalue weighted by Crippen LogP contribution is 2.10. The second kappa shape index (κ2) is 7.50. The van der Waals surface area contributed by atoms with Gasteiger partial charge >= 0.3 is 5.97 Å². The Labute approximate surface area is 107 Å². The van der Waals surface area contributed by atoms with Crippen molar-refractivity contribution < 1.29 is 19.0 Å². The molecule has 1 aromatic carbocycles. The number of hydrogen-bond acceptors (Lipinski definition) is 4. The summed E-state index contributed by atoms with van der Waals surface area (Å²) in [6.07, 6.45) is 0.818. The molecule has 1 aromatic rings. The molecule has 0 aliphatic heterocycles. The third-order valence-corrected chi connectivity index (χ3v) is 2.11. The molecule has 0 radical (unpaired) electrons. The van der Waals surface area contributed by atoms with E-state index in [1.54, 1.807) is 26.0 Å². The first-order chi connectivity index (χ1) is 8.63. The minimum atomic E-state index is -0.553. The highest BCUT2D eigenvalue weighted by atomic mass is 16.7. The minimum absolute atomic E-state index is 0.380. The molecule has 0 saturated carbocycles. The maximum atomic E-state index is 11.6. The summed E-state index contributed by atoms with van der Waals surface area (Å²) < 4.78 is 15.5. The third-order valence-electron chi connectivity index (χ3n) is 2.11. The van der Waals surface area contributed by atoms with E-state index < -0.39 is 12.3 Å². The van der Waals surface area contributed by atoms with Crippen LogP contribution in [0, 0.1) is 0 Å². The molecule has 18 heavy (non-hydrogen) atoms. The Morgan fingerprint density at radius 3 is 2.61 bits per heavy atom. The Morgan fingerprint density at radius 1 is 1.33 bits per heavy atom. The summed E-state index contributed by atoms with van der Waals surface area (Å²) in [7, 11) is 0. The molecule has 1 atom stereocenters. The Morgan fingerprint density at radius 2 is 2.00 bits per heavy atom. The van der Waals surface area contributed by atoms with Gasteiger partial charge in [-0.15, -0.1) is 0 Å². The number of rotatable bonds is 6. The quantitative estimate of drug-likeness (QED) is 0.337. The number of esters is 1. The van der Waals surface area contributed by atoms with Gasteiger partial charge in [0.2, 0.25) is 0 Å². The smallest absolute Gasteiger partial charge is 0.339 e. The van der Waals surface area contributed by atoms with Crippen molar-refractivity contribution in [2.45, 2.75) is 27.1 Å². The van der Waals surface area contributed by atoms with Crippen molar-refractivity contribution in [3.8, 4) is 5.75 Å². The van der Waals surface area contributed by atoms with E-state index in [9.17, 15) is 4.79 Å². The molecule has 0 aliphatic rings. The largest absolute Gasteiger partial charge is 0.464 e. The lowest BCUT2D eigenvalue weighted by Crippen LogP contribution is -2.18. The van der Waals surface area contributed by atoms with Crippen LogP contribution in [0.25, 0.3) is 0 Å². The highest BCUT2D eigenvalue weighted by molar-refractivity contribution is 5.87. The number of hydrogen-bond donors (Lipinski definition) is 0. The van der Waals surface area contributed by atoms with Crippen LogP contribution in [-0.4, -0.2) is 18.9 Å². The second-order valence-corrected chi connectivity index (χ2v) is 3.66. The standard InChI is InChI=1S/C14H18O4/c1-4-16-12(3)18-14(15)11(2)10-17-13-8-6-5-7-9-13/h5-10,12H,4H2,1-3H3/b11-10+. The van der Waals surface area contributed by atoms with Gasteiger partial charge in [0.25, 0.3) is 0 Å². The summed E-state index contributed by atoms with van der Waals surface area (Å²) in [6, 6.07) is 9.21. The molecule has 0 bridgehead atoms. The lowest BCUT2D eigenvalue weighted by Gasteiger charge is -2.12. The fraction of sp³-hybridized carbons (Fsp3) is 0.357. The van der Waals surface area contributed by atoms with Gasteiger partial charge in [0.05, 0.1) is 5.57 Å². The molecular weight excluding hydrogens is 232 g/mol. The van der Waals surface area contributed by atoms with Crippen molar-refractivity contribution in [1.29, 1.82) is 0 Å². The number of para-hydroxylation sites is 1. The molecule has 0 fully saturated rings. The molecule has 1 unspecified atom stereocenters. The molecule has 0 aliphatic carbocycles. The van der Waals surface area contributed by atoms with E-state index in [1.165, 1.54) is 6.26 Å². The van der Waals surface area contributed by atoms with Crippen LogP contribution < -0.4 is 4.74 Å². The zero-order chi connectivity index (χ0) is 13.4. The van der Waals surface area contributed by atoms with Crippen molar-refractivity contribution in [2.24, 2.45) is 0 Å². The SMILES string of the molecule is CCOC(C)OC(=O)/C(C)=C/Oc1ccccc1. The highest BCUT2D eigenvalue weighted by Gasteiger charge is 2.11. The molecule has 4 nitrogen and oxygen atoms in total. The van der Waals surface area contributed by atoms with Crippen molar-refractivity contribution in [3.63, 3.8) is 0 Å². The molecule has 4 heteroatoms. The van der Waals surface area contributed by atoms with Gasteiger partial charge < -0.3 is 14.2 Å². The maximum Gasteiger partial charge on any atom is 0.339 e. The minimum Gasteiger partial charge on any atom is -0.464 e. The number of benzene rings is 1. The lowest BCUT2D eigenvalue weighted by atomic mass is 10.3. The summed E-state index contributed by atoms with van der Waals surface area (Å²) >= 11 is 0. The molecule has 0 N–H and O–H groups in total. The first kappa shape index (κ1) is 14.3. The van der Waals surface area contributed by atoms with Gasteiger partial charge in [0, 0.05) is 6.61 Å². The van der Waals surface area contributed by atoms with Crippen molar-refractivity contribution >= 4 is 5.97 Å². The fourth-order valence-corrected chi connectivity index (χ4v) is 1.22. The Bertz CT molecular complexity index is 398. The van der Waals surface area contributed by atoms with Gasteiger partial charge in [-0.2, -0.15) is 0 Å². The van der Waals surface area contributed by atoms with Crippen LogP contribution in [0.4, 0.5) is 0 Å². The molecule has 1 rings (SSSR count). The van der Waals surface area contributed by atoms with E-state index in [4.69, 9.17) is 14.2 Å². The van der Waals surface area contributed by atoms with E-state index in [0.29, 0.717) is 17.9 Å². The zero-order valence-electron chi connectivity index (χ0n) is 10.9. The normalized spacial score (nSPS) is 12.9. The summed E-state index contributed by atoms with van der Waals surface area (Å²) in [4.78, 5) is 11.6. The van der Waals surface area contributed by atoms with E-state index in [1.807, 2.05) is 25.1 Å². The van der Waals surface area contributed by atoms with Gasteiger partial charge in [-0.3, -0.25) is 0 Å². The molecule has 0 spiro atoms. The van der Waals surface area contributed by atoms with Crippen molar-refractivity contribution in [2.75, 3.05) is 6.61 Å². The molecular formula is C14H18O4. The van der Waals surface area contributed by atoms with E-state index in [2.05, 4.69) is 0 Å². The van der Waals surface area contributed by atoms with E-state index in [-0.39, 0.29) is 0 Å². The Balaban J connectivity index is 2.48. The van der Waals surface area contributed by atoms with Crippen LogP contribution in [-0.2, 0) is 14.3 Å². The summed E-state index contributed by atoms with van der Waals surface area (Å²) in [5.41, 5.74) is 0.380. The Kier molecular flexibility index (Phi) is 5.94. The van der Waals surface area contributed by atoms with Crippen LogP contribution in [0.15, 0.2) is 42.2 Å². The fourth-order valence-electron chi connectivity index (χ4n) is 1.22. The summed E-state index contributed by atoms with van der Waals surface area (Å²) in [6.45, 7) is 5.64. The molecule has 0 aromatic heterocycles. The van der Waals surface area contributed by atoms with Crippen molar-refractivity contribution in [1.82, 2.24) is 0 Å².